The number of nitrogens with one attached hydrogen (secondary N) is 2. The van der Waals surface area contributed by atoms with Crippen molar-refractivity contribution in [3.63, 3.8) is 0 Å². The van der Waals surface area contributed by atoms with Gasteiger partial charge in [0.25, 0.3) is 5.91 Å². The molecule has 1 saturated heterocycles. The third-order valence-corrected chi connectivity index (χ3v) is 6.27. The molecule has 0 saturated carbocycles. The predicted molar refractivity (Wildman–Crippen MR) is 112 cm³/mol. The van der Waals surface area contributed by atoms with Crippen LogP contribution in [0.1, 0.15) is 17.0 Å². The number of carboxylic acid groups (broad SMARTS) is 1. The summed E-state index contributed by atoms with van der Waals surface area (Å²) in [4.78, 5) is 47.9. The van der Waals surface area contributed by atoms with E-state index in [4.69, 9.17) is 9.84 Å². The maximum Gasteiger partial charge on any atom is 0.426 e. The second-order valence-electron chi connectivity index (χ2n) is 7.04. The van der Waals surface area contributed by atoms with Gasteiger partial charge in [0, 0.05) is 11.7 Å². The van der Waals surface area contributed by atoms with E-state index in [2.05, 4.69) is 10.9 Å². The number of carbonyl (C=O) groups is 4. The number of fused-ring (bicyclic) bond motifs is 3. The summed E-state index contributed by atoms with van der Waals surface area (Å²) in [5.41, 5.74) is 8.68. The quantitative estimate of drug-likeness (QED) is 0.487. The molecule has 0 bridgehead atoms. The maximum atomic E-state index is 12.3. The molecule has 0 aromatic heterocycles. The summed E-state index contributed by atoms with van der Waals surface area (Å²) in [5, 5.41) is 8.85. The molecule has 3 N–H and O–H groups in total. The van der Waals surface area contributed by atoms with Gasteiger partial charge in [0.1, 0.15) is 12.6 Å². The maximum absolute atomic E-state index is 12.3. The highest BCUT2D eigenvalue weighted by Gasteiger charge is 2.37. The van der Waals surface area contributed by atoms with Gasteiger partial charge in [0.15, 0.2) is 0 Å². The first kappa shape index (κ1) is 20.7. The summed E-state index contributed by atoms with van der Waals surface area (Å²) in [7, 11) is 0. The molecule has 4 rings (SSSR count). The van der Waals surface area contributed by atoms with Gasteiger partial charge in [-0.05, 0) is 22.3 Å². The third kappa shape index (κ3) is 4.06. The second-order valence-corrected chi connectivity index (χ2v) is 8.04. The zero-order chi connectivity index (χ0) is 22.0. The highest BCUT2D eigenvalue weighted by atomic mass is 32.2. The topological polar surface area (TPSA) is 125 Å². The minimum absolute atomic E-state index is 0.0820. The number of carboxylic acids is 1. The van der Waals surface area contributed by atoms with Crippen LogP contribution in [0.5, 0.6) is 0 Å². The Morgan fingerprint density at radius 1 is 1.00 bits per heavy atom. The summed E-state index contributed by atoms with van der Waals surface area (Å²) in [6, 6.07) is 14.8. The Balaban J connectivity index is 1.34. The summed E-state index contributed by atoms with van der Waals surface area (Å²) >= 11 is 1.25. The molecule has 0 radical (unpaired) electrons. The minimum Gasteiger partial charge on any atom is -0.474 e. The van der Waals surface area contributed by atoms with Crippen LogP contribution in [0.15, 0.2) is 48.5 Å². The Bertz CT molecular complexity index is 1010. The normalized spacial score (nSPS) is 16.9. The molecular weight excluding hydrogens is 422 g/mol. The molecule has 1 fully saturated rings. The number of thioether (sulfide) groups is 1. The zero-order valence-electron chi connectivity index (χ0n) is 16.2. The van der Waals surface area contributed by atoms with Crippen LogP contribution in [0.3, 0.4) is 0 Å². The first-order chi connectivity index (χ1) is 15.0. The molecular formula is C21H19N3O6S. The van der Waals surface area contributed by atoms with Gasteiger partial charge in [-0.1, -0.05) is 48.5 Å². The standard InChI is InChI=1S/C21H19N3O6S/c25-18(17-10-31-11-24(17)19(26)20(27)28)22-23-21(29)30-9-16-14-7-3-1-5-12(14)13-6-2-4-8-15(13)16/h1-8,16-17H,9-11H2,(H,22,25)(H,23,29)(H,27,28). The molecule has 9 nitrogen and oxygen atoms in total. The van der Waals surface area contributed by atoms with E-state index >= 15 is 0 Å². The van der Waals surface area contributed by atoms with E-state index in [1.54, 1.807) is 0 Å². The second kappa shape index (κ2) is 8.68. The van der Waals surface area contributed by atoms with Crippen molar-refractivity contribution in [2.75, 3.05) is 18.2 Å². The van der Waals surface area contributed by atoms with Gasteiger partial charge in [-0.2, -0.15) is 0 Å². The van der Waals surface area contributed by atoms with E-state index in [-0.39, 0.29) is 24.2 Å². The van der Waals surface area contributed by atoms with Crippen LogP contribution in [0, 0.1) is 0 Å². The molecule has 0 spiro atoms. The minimum atomic E-state index is -1.63. The summed E-state index contributed by atoms with van der Waals surface area (Å²) in [5.74, 6) is -3.28. The molecule has 1 unspecified atom stereocenters. The number of nitrogens with zero attached hydrogens (tertiary/aromatic N) is 1. The van der Waals surface area contributed by atoms with Crippen LogP contribution in [-0.4, -0.2) is 58.2 Å². The van der Waals surface area contributed by atoms with E-state index in [1.165, 1.54) is 11.8 Å². The summed E-state index contributed by atoms with van der Waals surface area (Å²) in [6.07, 6.45) is -0.850. The van der Waals surface area contributed by atoms with Gasteiger partial charge in [0.2, 0.25) is 0 Å². The Hall–Kier alpha value is -3.53. The van der Waals surface area contributed by atoms with Crippen LogP contribution in [0.4, 0.5) is 4.79 Å². The Morgan fingerprint density at radius 3 is 2.23 bits per heavy atom. The van der Waals surface area contributed by atoms with Crippen LogP contribution in [0.25, 0.3) is 11.1 Å². The Kier molecular flexibility index (Phi) is 5.81. The van der Waals surface area contributed by atoms with Crippen molar-refractivity contribution in [1.29, 1.82) is 0 Å². The number of aliphatic carboxylic acids is 1. The smallest absolute Gasteiger partial charge is 0.426 e. The van der Waals surface area contributed by atoms with Crippen molar-refractivity contribution in [1.82, 2.24) is 15.8 Å². The lowest BCUT2D eigenvalue weighted by molar-refractivity contribution is -0.157. The van der Waals surface area contributed by atoms with E-state index in [9.17, 15) is 19.2 Å². The highest BCUT2D eigenvalue weighted by Crippen LogP contribution is 2.44. The molecule has 1 aliphatic heterocycles. The lowest BCUT2D eigenvalue weighted by Crippen LogP contribution is -2.53. The van der Waals surface area contributed by atoms with Crippen LogP contribution >= 0.6 is 11.8 Å². The third-order valence-electron chi connectivity index (χ3n) is 5.26. The molecule has 2 aromatic rings. The van der Waals surface area contributed by atoms with E-state index in [0.29, 0.717) is 0 Å². The average molecular weight is 441 g/mol. The van der Waals surface area contributed by atoms with E-state index in [1.807, 2.05) is 48.5 Å². The van der Waals surface area contributed by atoms with Gasteiger partial charge in [-0.25, -0.2) is 15.0 Å². The fourth-order valence-corrected chi connectivity index (χ4v) is 4.97. The fraction of sp³-hybridized carbons (Fsp3) is 0.238. The van der Waals surface area contributed by atoms with Crippen molar-refractivity contribution in [3.05, 3.63) is 59.7 Å². The van der Waals surface area contributed by atoms with E-state index < -0.39 is 29.9 Å². The van der Waals surface area contributed by atoms with Crippen molar-refractivity contribution in [3.8, 4) is 11.1 Å². The molecule has 1 heterocycles. The molecule has 160 valence electrons. The average Bonchev–Trinajstić information content (AvgIpc) is 3.39. The van der Waals surface area contributed by atoms with Gasteiger partial charge in [-0.3, -0.25) is 15.0 Å². The number of ether oxygens (including phenoxy) is 1. The predicted octanol–water partition coefficient (Wildman–Crippen LogP) is 1.54. The number of rotatable bonds is 3. The Morgan fingerprint density at radius 2 is 1.61 bits per heavy atom. The van der Waals surface area contributed by atoms with Gasteiger partial charge < -0.3 is 14.7 Å². The Labute approximate surface area is 181 Å². The molecule has 3 amide bonds. The van der Waals surface area contributed by atoms with Crippen molar-refractivity contribution in [2.24, 2.45) is 0 Å². The van der Waals surface area contributed by atoms with E-state index in [0.717, 1.165) is 27.2 Å². The van der Waals surface area contributed by atoms with Crippen LogP contribution in [0.2, 0.25) is 0 Å². The molecule has 2 aromatic carbocycles. The molecule has 1 atom stereocenters. The van der Waals surface area contributed by atoms with Crippen molar-refractivity contribution < 1.29 is 29.0 Å². The number of hydrogen-bond donors (Lipinski definition) is 3. The lowest BCUT2D eigenvalue weighted by Gasteiger charge is -2.21. The van der Waals surface area contributed by atoms with Gasteiger partial charge in [-0.15, -0.1) is 11.8 Å². The molecule has 10 heteroatoms. The number of benzene rings is 2. The number of hydrazine groups is 1. The highest BCUT2D eigenvalue weighted by molar-refractivity contribution is 7.99. The first-order valence-electron chi connectivity index (χ1n) is 9.50. The SMILES string of the molecule is O=C(NNC(=O)C1CSCN1C(=O)C(=O)O)OCC1c2ccccc2-c2ccccc21. The van der Waals surface area contributed by atoms with Crippen molar-refractivity contribution >= 4 is 35.6 Å². The lowest BCUT2D eigenvalue weighted by atomic mass is 9.98. The van der Waals surface area contributed by atoms with Gasteiger partial charge >= 0.3 is 18.0 Å². The van der Waals surface area contributed by atoms with Crippen molar-refractivity contribution in [2.45, 2.75) is 12.0 Å². The van der Waals surface area contributed by atoms with Crippen LogP contribution in [-0.2, 0) is 19.1 Å². The monoisotopic (exact) mass is 441 g/mol. The summed E-state index contributed by atoms with van der Waals surface area (Å²) in [6.45, 7) is 0.0820. The number of amides is 3. The largest absolute Gasteiger partial charge is 0.474 e. The fourth-order valence-electron chi connectivity index (χ4n) is 3.81. The molecule has 2 aliphatic rings. The molecule has 1 aliphatic carbocycles. The van der Waals surface area contributed by atoms with Gasteiger partial charge in [0.05, 0.1) is 5.88 Å². The van der Waals surface area contributed by atoms with Crippen LogP contribution < -0.4 is 10.9 Å². The number of hydrogen-bond acceptors (Lipinski definition) is 6. The summed E-state index contributed by atoms with van der Waals surface area (Å²) < 4.78 is 5.32. The number of carbonyl (C=O) groups excluding carboxylic acids is 3. The first-order valence-corrected chi connectivity index (χ1v) is 10.7. The zero-order valence-corrected chi connectivity index (χ0v) is 17.1. The molecule has 31 heavy (non-hydrogen) atoms.